The number of hydrogen-bond acceptors (Lipinski definition) is 5. The van der Waals surface area contributed by atoms with Crippen LogP contribution in [0.4, 0.5) is 10.5 Å². The maximum Gasteiger partial charge on any atom is 0.343 e. The molecule has 0 aliphatic heterocycles. The van der Waals surface area contributed by atoms with Crippen molar-refractivity contribution in [3.8, 4) is 11.5 Å². The fourth-order valence-electron chi connectivity index (χ4n) is 2.25. The molecule has 0 saturated heterocycles. The van der Waals surface area contributed by atoms with Crippen LogP contribution in [-0.4, -0.2) is 31.0 Å². The normalized spacial score (nSPS) is 11.0. The van der Waals surface area contributed by atoms with E-state index in [1.54, 1.807) is 12.1 Å². The molecule has 0 fully saturated rings. The van der Waals surface area contributed by atoms with Crippen LogP contribution >= 0.6 is 11.6 Å². The van der Waals surface area contributed by atoms with Gasteiger partial charge in [0.2, 0.25) is 5.90 Å². The summed E-state index contributed by atoms with van der Waals surface area (Å²) < 4.78 is 10.8. The number of nitro groups is 1. The molecule has 142 valence electrons. The lowest BCUT2D eigenvalue weighted by molar-refractivity contribution is -0.385. The second-order valence-electron chi connectivity index (χ2n) is 5.33. The van der Waals surface area contributed by atoms with Crippen LogP contribution in [0.15, 0.2) is 41.4 Å². The Kier molecular flexibility index (Phi) is 6.73. The Morgan fingerprint density at radius 3 is 2.59 bits per heavy atom. The van der Waals surface area contributed by atoms with Crippen LogP contribution in [0, 0.1) is 10.1 Å². The Hall–Kier alpha value is -3.13. The molecular formula is C18H18ClN3O5. The number of benzene rings is 2. The molecule has 27 heavy (non-hydrogen) atoms. The molecule has 0 radical (unpaired) electrons. The van der Waals surface area contributed by atoms with Crippen LogP contribution < -0.4 is 10.1 Å². The molecule has 2 rings (SSSR count). The van der Waals surface area contributed by atoms with Crippen molar-refractivity contribution in [2.45, 2.75) is 13.3 Å². The SMILES string of the molecule is CCc1ccc(Oc2ccc([N+](=O)[O-])c(C(=NC(=O)NC)OC)c2)c(Cl)c1. The Morgan fingerprint density at radius 1 is 1.30 bits per heavy atom. The average molecular weight is 392 g/mol. The molecule has 0 heterocycles. The number of amides is 2. The molecule has 0 bridgehead atoms. The van der Waals surface area contributed by atoms with Gasteiger partial charge in [0.25, 0.3) is 5.69 Å². The first-order chi connectivity index (χ1) is 12.9. The van der Waals surface area contributed by atoms with Gasteiger partial charge >= 0.3 is 6.03 Å². The molecule has 0 aliphatic rings. The van der Waals surface area contributed by atoms with Crippen LogP contribution in [0.1, 0.15) is 18.1 Å². The number of nitro benzene ring substituents is 1. The summed E-state index contributed by atoms with van der Waals surface area (Å²) in [4.78, 5) is 25.9. The number of carbonyl (C=O) groups is 1. The zero-order chi connectivity index (χ0) is 20.0. The standard InChI is InChI=1S/C18H18ClN3O5/c1-4-11-5-8-16(14(19)9-11)27-12-6-7-15(22(24)25)13(10-12)17(26-3)21-18(23)20-2/h5-10H,4H2,1-3H3,(H,20,23). The first-order valence-corrected chi connectivity index (χ1v) is 8.36. The quantitative estimate of drug-likeness (QED) is 0.353. The van der Waals surface area contributed by atoms with E-state index in [2.05, 4.69) is 10.3 Å². The number of urea groups is 1. The van der Waals surface area contributed by atoms with Crippen LogP contribution in [0.25, 0.3) is 0 Å². The molecule has 0 saturated carbocycles. The topological polar surface area (TPSA) is 103 Å². The predicted octanol–water partition coefficient (Wildman–Crippen LogP) is 4.34. The van der Waals surface area contributed by atoms with Gasteiger partial charge in [0.15, 0.2) is 0 Å². The molecule has 0 atom stereocenters. The first-order valence-electron chi connectivity index (χ1n) is 7.99. The van der Waals surface area contributed by atoms with E-state index in [0.29, 0.717) is 10.8 Å². The summed E-state index contributed by atoms with van der Waals surface area (Å²) in [5.41, 5.74) is 0.778. The third-order valence-corrected chi connectivity index (χ3v) is 3.93. The van der Waals surface area contributed by atoms with Gasteiger partial charge in [0.05, 0.1) is 17.1 Å². The van der Waals surface area contributed by atoms with E-state index < -0.39 is 11.0 Å². The Balaban J connectivity index is 2.47. The summed E-state index contributed by atoms with van der Waals surface area (Å²) >= 11 is 6.22. The fraction of sp³-hybridized carbons (Fsp3) is 0.222. The first kappa shape index (κ1) is 20.2. The number of methoxy groups -OCH3 is 1. The molecule has 8 nitrogen and oxygen atoms in total. The number of nitrogens with one attached hydrogen (secondary N) is 1. The van der Waals surface area contributed by atoms with Crippen molar-refractivity contribution < 1.29 is 19.2 Å². The fourth-order valence-corrected chi connectivity index (χ4v) is 2.49. The van der Waals surface area contributed by atoms with E-state index >= 15 is 0 Å². The van der Waals surface area contributed by atoms with Crippen molar-refractivity contribution >= 4 is 29.2 Å². The van der Waals surface area contributed by atoms with Crippen molar-refractivity contribution in [1.82, 2.24) is 5.32 Å². The van der Waals surface area contributed by atoms with Gasteiger partial charge in [0, 0.05) is 19.2 Å². The number of nitrogens with zero attached hydrogens (tertiary/aromatic N) is 2. The van der Waals surface area contributed by atoms with Crippen molar-refractivity contribution in [1.29, 1.82) is 0 Å². The number of aliphatic imine (C=N–C) groups is 1. The van der Waals surface area contributed by atoms with E-state index in [1.807, 2.05) is 13.0 Å². The zero-order valence-corrected chi connectivity index (χ0v) is 15.7. The smallest absolute Gasteiger partial charge is 0.343 e. The van der Waals surface area contributed by atoms with E-state index in [4.69, 9.17) is 21.1 Å². The highest BCUT2D eigenvalue weighted by Crippen LogP contribution is 2.33. The van der Waals surface area contributed by atoms with Crippen molar-refractivity contribution in [2.75, 3.05) is 14.2 Å². The van der Waals surface area contributed by atoms with Gasteiger partial charge in [-0.15, -0.1) is 0 Å². The van der Waals surface area contributed by atoms with Gasteiger partial charge in [-0.05, 0) is 30.2 Å². The highest BCUT2D eigenvalue weighted by atomic mass is 35.5. The summed E-state index contributed by atoms with van der Waals surface area (Å²) in [5.74, 6) is 0.471. The van der Waals surface area contributed by atoms with Gasteiger partial charge in [0.1, 0.15) is 17.1 Å². The molecular weight excluding hydrogens is 374 g/mol. The van der Waals surface area contributed by atoms with E-state index in [1.165, 1.54) is 32.4 Å². The van der Waals surface area contributed by atoms with Gasteiger partial charge in [-0.25, -0.2) is 4.79 Å². The summed E-state index contributed by atoms with van der Waals surface area (Å²) in [6, 6.07) is 8.73. The second-order valence-corrected chi connectivity index (χ2v) is 5.74. The number of halogens is 1. The molecule has 2 aromatic rings. The molecule has 9 heteroatoms. The number of ether oxygens (including phenoxy) is 2. The van der Waals surface area contributed by atoms with Crippen LogP contribution in [0.2, 0.25) is 5.02 Å². The molecule has 2 amide bonds. The summed E-state index contributed by atoms with van der Waals surface area (Å²) in [6.07, 6.45) is 0.828. The van der Waals surface area contributed by atoms with Gasteiger partial charge < -0.3 is 14.8 Å². The van der Waals surface area contributed by atoms with Crippen molar-refractivity contribution in [2.24, 2.45) is 4.99 Å². The number of carbonyl (C=O) groups excluding carboxylic acids is 1. The minimum atomic E-state index is -0.703. The second kappa shape index (κ2) is 9.00. The molecule has 0 spiro atoms. The summed E-state index contributed by atoms with van der Waals surface area (Å²) in [7, 11) is 2.65. The number of hydrogen-bond donors (Lipinski definition) is 1. The van der Waals surface area contributed by atoms with Crippen molar-refractivity contribution in [3.63, 3.8) is 0 Å². The summed E-state index contributed by atoms with van der Waals surface area (Å²) in [6.45, 7) is 2.01. The summed E-state index contributed by atoms with van der Waals surface area (Å²) in [5, 5.41) is 14.0. The van der Waals surface area contributed by atoms with Gasteiger partial charge in [-0.2, -0.15) is 4.99 Å². The Labute approximate surface area is 160 Å². The maximum absolute atomic E-state index is 11.5. The largest absolute Gasteiger partial charge is 0.480 e. The maximum atomic E-state index is 11.5. The van der Waals surface area contributed by atoms with Gasteiger partial charge in [-0.3, -0.25) is 10.1 Å². The average Bonchev–Trinajstić information content (AvgIpc) is 2.67. The van der Waals surface area contributed by atoms with Crippen LogP contribution in [0.3, 0.4) is 0 Å². The monoisotopic (exact) mass is 391 g/mol. The van der Waals surface area contributed by atoms with E-state index in [0.717, 1.165) is 12.0 Å². The predicted molar refractivity (Wildman–Crippen MR) is 102 cm³/mol. The third-order valence-electron chi connectivity index (χ3n) is 3.64. The molecule has 0 aliphatic carbocycles. The van der Waals surface area contributed by atoms with E-state index in [-0.39, 0.29) is 22.9 Å². The van der Waals surface area contributed by atoms with Crippen LogP contribution in [-0.2, 0) is 11.2 Å². The minimum absolute atomic E-state index is 0.00454. The zero-order valence-electron chi connectivity index (χ0n) is 15.0. The molecule has 2 aromatic carbocycles. The highest BCUT2D eigenvalue weighted by molar-refractivity contribution is 6.32. The number of aryl methyl sites for hydroxylation is 1. The van der Waals surface area contributed by atoms with Gasteiger partial charge in [-0.1, -0.05) is 24.6 Å². The number of rotatable bonds is 5. The lowest BCUT2D eigenvalue weighted by Gasteiger charge is -2.11. The van der Waals surface area contributed by atoms with Crippen LogP contribution in [0.5, 0.6) is 11.5 Å². The molecule has 0 aromatic heterocycles. The lowest BCUT2D eigenvalue weighted by atomic mass is 10.1. The third kappa shape index (κ3) is 4.95. The molecule has 0 unspecified atom stereocenters. The van der Waals surface area contributed by atoms with Crippen molar-refractivity contribution in [3.05, 3.63) is 62.7 Å². The Morgan fingerprint density at radius 2 is 2.04 bits per heavy atom. The highest BCUT2D eigenvalue weighted by Gasteiger charge is 2.22. The lowest BCUT2D eigenvalue weighted by Crippen LogP contribution is -2.17. The minimum Gasteiger partial charge on any atom is -0.480 e. The Bertz CT molecular complexity index is 899. The molecule has 1 N–H and O–H groups in total. The van der Waals surface area contributed by atoms with E-state index in [9.17, 15) is 14.9 Å².